The second kappa shape index (κ2) is 19.9. The SMILES string of the molecule is COC(=O)CCCCCC/C=C/C(F)(F)F.COC(=O)CCCCCCCCC(F)(F)F. The van der Waals surface area contributed by atoms with Gasteiger partial charge in [0.2, 0.25) is 0 Å². The first-order valence-corrected chi connectivity index (χ1v) is 10.9. The number of alkyl halides is 6. The lowest BCUT2D eigenvalue weighted by Gasteiger charge is -2.05. The molecule has 0 N–H and O–H groups in total. The Labute approximate surface area is 186 Å². The number of halogens is 6. The zero-order valence-electron chi connectivity index (χ0n) is 19.0. The van der Waals surface area contributed by atoms with Crippen LogP contribution < -0.4 is 0 Å². The van der Waals surface area contributed by atoms with Crippen LogP contribution in [0.3, 0.4) is 0 Å². The summed E-state index contributed by atoms with van der Waals surface area (Å²) in [6, 6.07) is 0. The van der Waals surface area contributed by atoms with Crippen LogP contribution in [0.15, 0.2) is 12.2 Å². The van der Waals surface area contributed by atoms with Gasteiger partial charge in [-0.2, -0.15) is 26.3 Å². The van der Waals surface area contributed by atoms with E-state index in [9.17, 15) is 35.9 Å². The topological polar surface area (TPSA) is 52.6 Å². The number of unbranched alkanes of at least 4 members (excludes halogenated alkanes) is 9. The van der Waals surface area contributed by atoms with Crippen LogP contribution in [0.25, 0.3) is 0 Å². The molecule has 0 fully saturated rings. The van der Waals surface area contributed by atoms with Crippen molar-refractivity contribution in [3.8, 4) is 0 Å². The lowest BCUT2D eigenvalue weighted by molar-refractivity contribution is -0.141. The van der Waals surface area contributed by atoms with Crippen molar-refractivity contribution in [1.82, 2.24) is 0 Å². The summed E-state index contributed by atoms with van der Waals surface area (Å²) in [5.74, 6) is -0.464. The maximum atomic E-state index is 11.8. The summed E-state index contributed by atoms with van der Waals surface area (Å²) in [6.07, 6.45) is 0.966. The molecule has 0 aliphatic heterocycles. The summed E-state index contributed by atoms with van der Waals surface area (Å²) in [5, 5.41) is 0. The monoisotopic (exact) mass is 478 g/mol. The molecule has 0 rings (SSSR count). The van der Waals surface area contributed by atoms with E-state index in [4.69, 9.17) is 0 Å². The molecule has 0 heterocycles. The molecule has 0 saturated carbocycles. The molecule has 0 spiro atoms. The van der Waals surface area contributed by atoms with Crippen LogP contribution in [0.2, 0.25) is 0 Å². The van der Waals surface area contributed by atoms with Crippen LogP contribution in [0, 0.1) is 0 Å². The third kappa shape index (κ3) is 30.5. The van der Waals surface area contributed by atoms with Crippen molar-refractivity contribution in [2.24, 2.45) is 0 Å². The van der Waals surface area contributed by atoms with Gasteiger partial charge in [0.15, 0.2) is 0 Å². The fraction of sp³-hybridized carbons (Fsp3) is 0.818. The summed E-state index contributed by atoms with van der Waals surface area (Å²) >= 11 is 0. The molecule has 32 heavy (non-hydrogen) atoms. The van der Waals surface area contributed by atoms with Crippen molar-refractivity contribution in [1.29, 1.82) is 0 Å². The molecule has 0 unspecified atom stereocenters. The van der Waals surface area contributed by atoms with Gasteiger partial charge in [-0.1, -0.05) is 44.6 Å². The van der Waals surface area contributed by atoms with Gasteiger partial charge in [0.25, 0.3) is 0 Å². The highest BCUT2D eigenvalue weighted by atomic mass is 19.4. The lowest BCUT2D eigenvalue weighted by atomic mass is 10.1. The number of allylic oxidation sites excluding steroid dienone is 2. The molecular formula is C22H36F6O4. The largest absolute Gasteiger partial charge is 0.469 e. The van der Waals surface area contributed by atoms with Crippen LogP contribution in [0.4, 0.5) is 26.3 Å². The molecule has 0 aliphatic carbocycles. The summed E-state index contributed by atoms with van der Waals surface area (Å²) in [4.78, 5) is 21.4. The fourth-order valence-corrected chi connectivity index (χ4v) is 2.61. The van der Waals surface area contributed by atoms with E-state index in [1.165, 1.54) is 14.2 Å². The van der Waals surface area contributed by atoms with Gasteiger partial charge in [-0.25, -0.2) is 0 Å². The number of hydrogen-bond donors (Lipinski definition) is 0. The second-order valence-electron chi connectivity index (χ2n) is 7.29. The molecule has 0 bridgehead atoms. The van der Waals surface area contributed by atoms with Crippen LogP contribution in [0.1, 0.15) is 89.9 Å². The molecule has 0 aromatic carbocycles. The summed E-state index contributed by atoms with van der Waals surface area (Å²) in [6.45, 7) is 0. The number of carbonyl (C=O) groups is 2. The molecule has 0 radical (unpaired) electrons. The average Bonchev–Trinajstić information content (AvgIpc) is 2.70. The summed E-state index contributed by atoms with van der Waals surface area (Å²) in [5.41, 5.74) is 0. The molecule has 10 heteroatoms. The molecular weight excluding hydrogens is 442 g/mol. The Morgan fingerprint density at radius 3 is 1.47 bits per heavy atom. The second-order valence-corrected chi connectivity index (χ2v) is 7.29. The van der Waals surface area contributed by atoms with Crippen LogP contribution in [0.5, 0.6) is 0 Å². The van der Waals surface area contributed by atoms with E-state index in [-0.39, 0.29) is 24.4 Å². The van der Waals surface area contributed by atoms with Crippen molar-refractivity contribution >= 4 is 11.9 Å². The Hall–Kier alpha value is -1.74. The molecule has 0 aliphatic rings. The minimum absolute atomic E-state index is 0.209. The Morgan fingerprint density at radius 2 is 1.06 bits per heavy atom. The van der Waals surface area contributed by atoms with Crippen molar-refractivity contribution in [3.63, 3.8) is 0 Å². The third-order valence-electron chi connectivity index (χ3n) is 4.36. The van der Waals surface area contributed by atoms with Crippen molar-refractivity contribution < 1.29 is 45.4 Å². The van der Waals surface area contributed by atoms with Gasteiger partial charge in [0, 0.05) is 25.3 Å². The van der Waals surface area contributed by atoms with Crippen LogP contribution in [-0.2, 0) is 19.1 Å². The smallest absolute Gasteiger partial charge is 0.409 e. The van der Waals surface area contributed by atoms with E-state index in [1.807, 2.05) is 0 Å². The first-order valence-electron chi connectivity index (χ1n) is 10.9. The summed E-state index contributed by atoms with van der Waals surface area (Å²) < 4.78 is 79.2. The zero-order chi connectivity index (χ0) is 24.9. The van der Waals surface area contributed by atoms with Crippen molar-refractivity contribution in [3.05, 3.63) is 12.2 Å². The number of carbonyl (C=O) groups excluding carboxylic acids is 2. The zero-order valence-corrected chi connectivity index (χ0v) is 19.0. The summed E-state index contributed by atoms with van der Waals surface area (Å²) in [7, 11) is 2.68. The predicted molar refractivity (Wildman–Crippen MR) is 110 cm³/mol. The number of esters is 2. The van der Waals surface area contributed by atoms with E-state index in [0.717, 1.165) is 51.0 Å². The van der Waals surface area contributed by atoms with E-state index in [0.29, 0.717) is 32.1 Å². The Bertz CT molecular complexity index is 502. The maximum absolute atomic E-state index is 11.8. The Morgan fingerprint density at radius 1 is 0.656 bits per heavy atom. The third-order valence-corrected chi connectivity index (χ3v) is 4.36. The van der Waals surface area contributed by atoms with E-state index in [2.05, 4.69) is 9.47 Å². The quantitative estimate of drug-likeness (QED) is 0.106. The van der Waals surface area contributed by atoms with Crippen LogP contribution in [-0.4, -0.2) is 38.5 Å². The minimum atomic E-state index is -4.20. The number of rotatable bonds is 15. The van der Waals surface area contributed by atoms with Gasteiger partial charge in [0.1, 0.15) is 0 Å². The van der Waals surface area contributed by atoms with Gasteiger partial charge in [-0.05, 0) is 32.1 Å². The predicted octanol–water partition coefficient (Wildman–Crippen LogP) is 7.46. The van der Waals surface area contributed by atoms with E-state index in [1.54, 1.807) is 0 Å². The number of hydrogen-bond acceptors (Lipinski definition) is 4. The average molecular weight is 479 g/mol. The van der Waals surface area contributed by atoms with Gasteiger partial charge in [-0.3, -0.25) is 9.59 Å². The lowest BCUT2D eigenvalue weighted by Crippen LogP contribution is -2.06. The first-order chi connectivity index (χ1) is 14.9. The highest BCUT2D eigenvalue weighted by molar-refractivity contribution is 5.69. The van der Waals surface area contributed by atoms with Gasteiger partial charge < -0.3 is 9.47 Å². The molecule has 4 nitrogen and oxygen atoms in total. The standard InChI is InChI=1S/C11H19F3O2.C11H17F3O2/c2*1-16-10(15)8-6-4-2-3-5-7-9-11(12,13)14/h2-9H2,1H3;7,9H,2-6,8H2,1H3/b;9-7+. The normalized spacial score (nSPS) is 11.8. The molecule has 0 saturated heterocycles. The van der Waals surface area contributed by atoms with Gasteiger partial charge in [-0.15, -0.1) is 0 Å². The van der Waals surface area contributed by atoms with Crippen molar-refractivity contribution in [2.75, 3.05) is 14.2 Å². The molecule has 0 aromatic heterocycles. The van der Waals surface area contributed by atoms with E-state index < -0.39 is 18.8 Å². The molecule has 0 aromatic rings. The Balaban J connectivity index is 0. The highest BCUT2D eigenvalue weighted by Crippen LogP contribution is 2.23. The first kappa shape index (κ1) is 32.4. The maximum Gasteiger partial charge on any atom is 0.409 e. The van der Waals surface area contributed by atoms with Crippen molar-refractivity contribution in [2.45, 2.75) is 102 Å². The molecule has 0 amide bonds. The molecule has 0 atom stereocenters. The fourth-order valence-electron chi connectivity index (χ4n) is 2.61. The van der Waals surface area contributed by atoms with E-state index >= 15 is 0 Å². The number of ether oxygens (including phenoxy) is 2. The van der Waals surface area contributed by atoms with Crippen LogP contribution >= 0.6 is 0 Å². The van der Waals surface area contributed by atoms with Gasteiger partial charge >= 0.3 is 24.3 Å². The molecule has 190 valence electrons. The Kier molecular flexibility index (Phi) is 20.2. The minimum Gasteiger partial charge on any atom is -0.469 e. The highest BCUT2D eigenvalue weighted by Gasteiger charge is 2.25. The number of methoxy groups -OCH3 is 2. The van der Waals surface area contributed by atoms with Gasteiger partial charge in [0.05, 0.1) is 14.2 Å².